The molecule has 4 N–H and O–H groups in total. The fourth-order valence-electron chi connectivity index (χ4n) is 2.75. The minimum atomic E-state index is 0.282. The number of hydrogen-bond donors (Lipinski definition) is 3. The molecule has 0 amide bonds. The van der Waals surface area contributed by atoms with Crippen LogP contribution >= 0.6 is 11.6 Å². The van der Waals surface area contributed by atoms with E-state index in [-0.39, 0.29) is 6.61 Å². The molecule has 1 aliphatic carbocycles. The molecular weight excluding hydrogens is 248 g/mol. The van der Waals surface area contributed by atoms with Gasteiger partial charge >= 0.3 is 0 Å². The van der Waals surface area contributed by atoms with Gasteiger partial charge in [0.2, 0.25) is 0 Å². The minimum absolute atomic E-state index is 0.282. The molecule has 1 aliphatic rings. The van der Waals surface area contributed by atoms with Crippen LogP contribution in [0.2, 0.25) is 5.02 Å². The fraction of sp³-hybridized carbons (Fsp3) is 0.571. The Morgan fingerprint density at radius 2 is 2.00 bits per heavy atom. The number of para-hydroxylation sites is 1. The molecule has 3 nitrogen and oxygen atoms in total. The predicted molar refractivity (Wildman–Crippen MR) is 76.9 cm³/mol. The summed E-state index contributed by atoms with van der Waals surface area (Å²) in [7, 11) is 0. The van der Waals surface area contributed by atoms with Crippen molar-refractivity contribution < 1.29 is 5.11 Å². The van der Waals surface area contributed by atoms with Gasteiger partial charge in [0.25, 0.3) is 0 Å². The molecule has 0 spiro atoms. The zero-order chi connectivity index (χ0) is 13.0. The standard InChI is InChI=1S/C14H21ClN2O/c15-12-6-3-7-13(16)14(12)17-8-10-4-1-2-5-11(10)9-18/h3,6-7,10-11,17-18H,1-2,4-5,8-9,16H2. The van der Waals surface area contributed by atoms with Crippen LogP contribution in [0.5, 0.6) is 0 Å². The molecule has 0 radical (unpaired) electrons. The topological polar surface area (TPSA) is 58.3 Å². The van der Waals surface area contributed by atoms with E-state index in [0.29, 0.717) is 22.5 Å². The second-order valence-corrected chi connectivity index (χ2v) is 5.48. The average molecular weight is 269 g/mol. The molecule has 2 atom stereocenters. The number of aliphatic hydroxyl groups is 1. The third-order valence-electron chi connectivity index (χ3n) is 3.89. The summed E-state index contributed by atoms with van der Waals surface area (Å²) in [6.45, 7) is 1.11. The first-order chi connectivity index (χ1) is 8.72. The van der Waals surface area contributed by atoms with Gasteiger partial charge in [0, 0.05) is 13.2 Å². The summed E-state index contributed by atoms with van der Waals surface area (Å²) in [6.07, 6.45) is 4.78. The summed E-state index contributed by atoms with van der Waals surface area (Å²) in [5, 5.41) is 13.4. The van der Waals surface area contributed by atoms with Gasteiger partial charge in [0.15, 0.2) is 0 Å². The van der Waals surface area contributed by atoms with Crippen molar-refractivity contribution in [1.82, 2.24) is 0 Å². The molecule has 100 valence electrons. The molecule has 1 aromatic rings. The molecule has 0 aromatic heterocycles. The van der Waals surface area contributed by atoms with Crippen LogP contribution in [0.15, 0.2) is 18.2 Å². The van der Waals surface area contributed by atoms with E-state index in [1.165, 1.54) is 19.3 Å². The molecule has 4 heteroatoms. The van der Waals surface area contributed by atoms with E-state index in [1.54, 1.807) is 0 Å². The zero-order valence-corrected chi connectivity index (χ0v) is 11.3. The second-order valence-electron chi connectivity index (χ2n) is 5.07. The SMILES string of the molecule is Nc1cccc(Cl)c1NCC1CCCCC1CO. The summed E-state index contributed by atoms with van der Waals surface area (Å²) in [4.78, 5) is 0. The molecule has 0 heterocycles. The predicted octanol–water partition coefficient (Wildman–Crippen LogP) is 3.13. The van der Waals surface area contributed by atoms with Gasteiger partial charge in [0.1, 0.15) is 0 Å². The van der Waals surface area contributed by atoms with E-state index >= 15 is 0 Å². The van der Waals surface area contributed by atoms with Crippen molar-refractivity contribution in [2.45, 2.75) is 25.7 Å². The third kappa shape index (κ3) is 3.09. The maximum atomic E-state index is 9.39. The lowest BCUT2D eigenvalue weighted by Crippen LogP contribution is -2.28. The Labute approximate surface area is 113 Å². The van der Waals surface area contributed by atoms with Gasteiger partial charge in [-0.3, -0.25) is 0 Å². The maximum absolute atomic E-state index is 9.39. The molecule has 1 aromatic carbocycles. The van der Waals surface area contributed by atoms with Gasteiger partial charge < -0.3 is 16.2 Å². The summed E-state index contributed by atoms with van der Waals surface area (Å²) in [5.74, 6) is 0.925. The van der Waals surface area contributed by atoms with Crippen molar-refractivity contribution in [2.24, 2.45) is 11.8 Å². The summed E-state index contributed by atoms with van der Waals surface area (Å²) in [6, 6.07) is 5.53. The van der Waals surface area contributed by atoms with Crippen molar-refractivity contribution >= 4 is 23.0 Å². The molecule has 0 saturated heterocycles. The normalized spacial score (nSPS) is 23.9. The van der Waals surface area contributed by atoms with Gasteiger partial charge in [-0.25, -0.2) is 0 Å². The van der Waals surface area contributed by atoms with E-state index in [9.17, 15) is 5.11 Å². The minimum Gasteiger partial charge on any atom is -0.397 e. The smallest absolute Gasteiger partial charge is 0.0763 e. The highest BCUT2D eigenvalue weighted by Crippen LogP contribution is 2.32. The molecule has 18 heavy (non-hydrogen) atoms. The van der Waals surface area contributed by atoms with Crippen LogP contribution in [-0.2, 0) is 0 Å². The fourth-order valence-corrected chi connectivity index (χ4v) is 3.00. The van der Waals surface area contributed by atoms with Gasteiger partial charge in [0.05, 0.1) is 16.4 Å². The number of rotatable bonds is 4. The van der Waals surface area contributed by atoms with Gasteiger partial charge in [-0.2, -0.15) is 0 Å². The average Bonchev–Trinajstić information content (AvgIpc) is 2.38. The molecule has 1 saturated carbocycles. The van der Waals surface area contributed by atoms with E-state index in [1.807, 2.05) is 18.2 Å². The van der Waals surface area contributed by atoms with Crippen LogP contribution in [0.4, 0.5) is 11.4 Å². The van der Waals surface area contributed by atoms with Gasteiger partial charge in [-0.05, 0) is 36.8 Å². The molecule has 2 rings (SSSR count). The number of aliphatic hydroxyl groups excluding tert-OH is 1. The van der Waals surface area contributed by atoms with E-state index in [0.717, 1.165) is 18.7 Å². The number of nitrogens with one attached hydrogen (secondary N) is 1. The quantitative estimate of drug-likeness (QED) is 0.736. The highest BCUT2D eigenvalue weighted by Gasteiger charge is 2.24. The monoisotopic (exact) mass is 268 g/mol. The first kappa shape index (κ1) is 13.5. The Kier molecular flexibility index (Phi) is 4.72. The second kappa shape index (κ2) is 6.30. The van der Waals surface area contributed by atoms with E-state index < -0.39 is 0 Å². The highest BCUT2D eigenvalue weighted by molar-refractivity contribution is 6.33. The molecule has 0 bridgehead atoms. The number of nitrogens with two attached hydrogens (primary N) is 1. The Morgan fingerprint density at radius 3 is 2.67 bits per heavy atom. The Balaban J connectivity index is 1.98. The number of benzene rings is 1. The van der Waals surface area contributed by atoms with Crippen LogP contribution in [0.3, 0.4) is 0 Å². The maximum Gasteiger partial charge on any atom is 0.0763 e. The first-order valence-electron chi connectivity index (χ1n) is 6.61. The van der Waals surface area contributed by atoms with Crippen molar-refractivity contribution in [3.05, 3.63) is 23.2 Å². The van der Waals surface area contributed by atoms with Crippen molar-refractivity contribution in [3.63, 3.8) is 0 Å². The van der Waals surface area contributed by atoms with E-state index in [2.05, 4.69) is 5.32 Å². The molecular formula is C14H21ClN2O. The number of anilines is 2. The lowest BCUT2D eigenvalue weighted by Gasteiger charge is -2.30. The van der Waals surface area contributed by atoms with E-state index in [4.69, 9.17) is 17.3 Å². The van der Waals surface area contributed by atoms with Crippen LogP contribution in [0.25, 0.3) is 0 Å². The van der Waals surface area contributed by atoms with Crippen molar-refractivity contribution in [2.75, 3.05) is 24.2 Å². The molecule has 2 unspecified atom stereocenters. The Morgan fingerprint density at radius 1 is 1.28 bits per heavy atom. The van der Waals surface area contributed by atoms with Crippen molar-refractivity contribution in [3.8, 4) is 0 Å². The van der Waals surface area contributed by atoms with Crippen LogP contribution < -0.4 is 11.1 Å². The zero-order valence-electron chi connectivity index (χ0n) is 10.5. The summed E-state index contributed by atoms with van der Waals surface area (Å²) >= 11 is 6.13. The third-order valence-corrected chi connectivity index (χ3v) is 4.20. The molecule has 1 fully saturated rings. The van der Waals surface area contributed by atoms with Crippen LogP contribution in [0, 0.1) is 11.8 Å². The molecule has 0 aliphatic heterocycles. The number of halogens is 1. The van der Waals surface area contributed by atoms with Crippen LogP contribution in [0.1, 0.15) is 25.7 Å². The Bertz CT molecular complexity index is 377. The Hall–Kier alpha value is -0.930. The van der Waals surface area contributed by atoms with Crippen LogP contribution in [-0.4, -0.2) is 18.3 Å². The van der Waals surface area contributed by atoms with Gasteiger partial charge in [-0.15, -0.1) is 0 Å². The van der Waals surface area contributed by atoms with Crippen molar-refractivity contribution in [1.29, 1.82) is 0 Å². The largest absolute Gasteiger partial charge is 0.397 e. The van der Waals surface area contributed by atoms with Gasteiger partial charge in [-0.1, -0.05) is 30.5 Å². The summed E-state index contributed by atoms with van der Waals surface area (Å²) < 4.78 is 0. The first-order valence-corrected chi connectivity index (χ1v) is 6.99. The highest BCUT2D eigenvalue weighted by atomic mass is 35.5. The number of hydrogen-bond acceptors (Lipinski definition) is 3. The number of nitrogen functional groups attached to an aromatic ring is 1. The summed E-state index contributed by atoms with van der Waals surface area (Å²) in [5.41, 5.74) is 7.41. The lowest BCUT2D eigenvalue weighted by molar-refractivity contribution is 0.141. The lowest BCUT2D eigenvalue weighted by atomic mass is 9.79.